The number of rotatable bonds is 0. The van der Waals surface area contributed by atoms with Gasteiger partial charge in [-0.15, -0.1) is 0 Å². The zero-order chi connectivity index (χ0) is 8.67. The van der Waals surface area contributed by atoms with E-state index in [4.69, 9.17) is 0 Å². The number of hydrogen-bond acceptors (Lipinski definition) is 1. The predicted octanol–water partition coefficient (Wildman–Crippen LogP) is 1.07. The van der Waals surface area contributed by atoms with E-state index in [1.165, 1.54) is 29.7 Å². The Kier molecular flexibility index (Phi) is 1.51. The van der Waals surface area contributed by atoms with Gasteiger partial charge in [0.1, 0.15) is 0 Å². The summed E-state index contributed by atoms with van der Waals surface area (Å²) in [6.45, 7) is 0. The Labute approximate surface area is 77.8 Å². The molecule has 1 heterocycles. The van der Waals surface area contributed by atoms with Gasteiger partial charge < -0.3 is 0 Å². The van der Waals surface area contributed by atoms with Gasteiger partial charge in [0.15, 0.2) is 0 Å². The molecule has 0 bridgehead atoms. The highest BCUT2D eigenvalue weighted by molar-refractivity contribution is 5.43. The minimum Gasteiger partial charge on any atom is -0.264 e. The normalized spacial score (nSPS) is 29.8. The molecule has 1 aromatic rings. The fourth-order valence-corrected chi connectivity index (χ4v) is 2.60. The summed E-state index contributed by atoms with van der Waals surface area (Å²) < 4.78 is 0. The summed E-state index contributed by atoms with van der Waals surface area (Å²) in [6, 6.07) is 2.13. The van der Waals surface area contributed by atoms with Crippen LogP contribution in [0, 0.1) is 11.8 Å². The van der Waals surface area contributed by atoms with Gasteiger partial charge in [0, 0.05) is 12.4 Å². The highest BCUT2D eigenvalue weighted by atomic mass is 14.6. The fourth-order valence-electron chi connectivity index (χ4n) is 2.60. The lowest BCUT2D eigenvalue weighted by Gasteiger charge is -2.15. The molecule has 0 spiro atoms. The van der Waals surface area contributed by atoms with E-state index in [0.717, 1.165) is 11.8 Å². The van der Waals surface area contributed by atoms with Crippen LogP contribution in [-0.4, -0.2) is 4.98 Å². The highest BCUT2D eigenvalue weighted by Gasteiger charge is 2.24. The van der Waals surface area contributed by atoms with E-state index in [1.807, 2.05) is 12.4 Å². The first-order chi connectivity index (χ1) is 6.43. The monoisotopic (exact) mass is 171 g/mol. The second-order valence-corrected chi connectivity index (χ2v) is 4.10. The van der Waals surface area contributed by atoms with Crippen LogP contribution in [0.4, 0.5) is 0 Å². The predicted molar refractivity (Wildman–Crippen MR) is 53.2 cm³/mol. The second-order valence-electron chi connectivity index (χ2n) is 4.10. The molecule has 1 aromatic heterocycles. The largest absolute Gasteiger partial charge is 0.264 e. The molecule has 1 heteroatoms. The van der Waals surface area contributed by atoms with Crippen molar-refractivity contribution in [3.05, 3.63) is 28.9 Å². The third-order valence-electron chi connectivity index (χ3n) is 3.30. The number of hydrogen-bond donors (Lipinski definition) is 0. The molecule has 0 aromatic carbocycles. The smallest absolute Gasteiger partial charge is 0.0343 e. The first-order valence-electron chi connectivity index (χ1n) is 5.07. The van der Waals surface area contributed by atoms with E-state index in [9.17, 15) is 0 Å². The second kappa shape index (κ2) is 2.69. The standard InChI is InChI=1S/C12H13N/c1-2-9-6-11-4-5-13-8-12(11)7-10(9)3-1/h4-10H,1-3H2. The molecule has 1 nitrogen and oxygen atoms in total. The Balaban J connectivity index is 2.24. The molecule has 1 fully saturated rings. The third kappa shape index (κ3) is 1.11. The van der Waals surface area contributed by atoms with Crippen LogP contribution in [0.3, 0.4) is 0 Å². The number of nitrogens with zero attached hydrogens (tertiary/aromatic N) is 1. The Bertz CT molecular complexity index is 392. The molecule has 66 valence electrons. The minimum absolute atomic E-state index is 0.802. The molecule has 2 atom stereocenters. The van der Waals surface area contributed by atoms with Crippen LogP contribution in [0.1, 0.15) is 19.3 Å². The summed E-state index contributed by atoms with van der Waals surface area (Å²) in [5.74, 6) is 1.62. The van der Waals surface area contributed by atoms with Gasteiger partial charge in [-0.2, -0.15) is 0 Å². The van der Waals surface area contributed by atoms with E-state index in [1.54, 1.807) is 0 Å². The van der Waals surface area contributed by atoms with Gasteiger partial charge in [-0.3, -0.25) is 4.98 Å². The molecule has 0 N–H and O–H groups in total. The maximum atomic E-state index is 4.16. The summed E-state index contributed by atoms with van der Waals surface area (Å²) in [7, 11) is 0. The van der Waals surface area contributed by atoms with E-state index in [-0.39, 0.29) is 0 Å². The Morgan fingerprint density at radius 3 is 2.69 bits per heavy atom. The maximum absolute atomic E-state index is 4.16. The van der Waals surface area contributed by atoms with E-state index >= 15 is 0 Å². The topological polar surface area (TPSA) is 12.9 Å². The van der Waals surface area contributed by atoms with Crippen LogP contribution in [0.5, 0.6) is 0 Å². The minimum atomic E-state index is 0.802. The molecule has 2 aliphatic rings. The third-order valence-corrected chi connectivity index (χ3v) is 3.30. The molecular weight excluding hydrogens is 158 g/mol. The van der Waals surface area contributed by atoms with Gasteiger partial charge in [-0.1, -0.05) is 18.6 Å². The highest BCUT2D eigenvalue weighted by Crippen LogP contribution is 2.34. The van der Waals surface area contributed by atoms with Crippen molar-refractivity contribution in [2.45, 2.75) is 19.3 Å². The molecule has 0 radical (unpaired) electrons. The SMILES string of the molecule is C1=c2ccncc2=CC2CCCC12. The number of fused-ring (bicyclic) bond motifs is 2. The summed E-state index contributed by atoms with van der Waals surface area (Å²) in [6.07, 6.45) is 12.9. The average molecular weight is 171 g/mol. The van der Waals surface area contributed by atoms with Crippen molar-refractivity contribution >= 4 is 12.2 Å². The van der Waals surface area contributed by atoms with Crippen LogP contribution < -0.4 is 10.4 Å². The lowest BCUT2D eigenvalue weighted by Crippen LogP contribution is -2.31. The summed E-state index contributed by atoms with van der Waals surface area (Å²) >= 11 is 0. The van der Waals surface area contributed by atoms with Crippen molar-refractivity contribution in [3.8, 4) is 0 Å². The molecule has 0 aliphatic heterocycles. The van der Waals surface area contributed by atoms with Gasteiger partial charge in [-0.05, 0) is 41.2 Å². The Morgan fingerprint density at radius 1 is 1.08 bits per heavy atom. The molecule has 1 saturated carbocycles. The van der Waals surface area contributed by atoms with Crippen LogP contribution in [-0.2, 0) is 0 Å². The van der Waals surface area contributed by atoms with Crippen molar-refractivity contribution in [2.75, 3.05) is 0 Å². The summed E-state index contributed by atoms with van der Waals surface area (Å²) in [5, 5.41) is 2.73. The summed E-state index contributed by atoms with van der Waals surface area (Å²) in [4.78, 5) is 4.16. The van der Waals surface area contributed by atoms with E-state index < -0.39 is 0 Å². The van der Waals surface area contributed by atoms with Crippen LogP contribution in [0.25, 0.3) is 12.2 Å². The molecular formula is C12H13N. The average Bonchev–Trinajstić information content (AvgIpc) is 2.61. The van der Waals surface area contributed by atoms with Crippen LogP contribution >= 0.6 is 0 Å². The maximum Gasteiger partial charge on any atom is 0.0343 e. The van der Waals surface area contributed by atoms with Gasteiger partial charge >= 0.3 is 0 Å². The van der Waals surface area contributed by atoms with Gasteiger partial charge in [0.2, 0.25) is 0 Å². The fraction of sp³-hybridized carbons (Fsp3) is 0.417. The van der Waals surface area contributed by atoms with Crippen molar-refractivity contribution < 1.29 is 0 Å². The first kappa shape index (κ1) is 7.31. The van der Waals surface area contributed by atoms with E-state index in [2.05, 4.69) is 23.2 Å². The summed E-state index contributed by atoms with van der Waals surface area (Å²) in [5.41, 5.74) is 0. The van der Waals surface area contributed by atoms with Crippen molar-refractivity contribution in [2.24, 2.45) is 11.8 Å². The van der Waals surface area contributed by atoms with Crippen molar-refractivity contribution in [1.82, 2.24) is 4.98 Å². The molecule has 2 aliphatic carbocycles. The zero-order valence-electron chi connectivity index (χ0n) is 7.61. The van der Waals surface area contributed by atoms with Gasteiger partial charge in [-0.25, -0.2) is 0 Å². The van der Waals surface area contributed by atoms with Gasteiger partial charge in [0.05, 0.1) is 0 Å². The molecule has 2 unspecified atom stereocenters. The number of aromatic nitrogens is 1. The van der Waals surface area contributed by atoms with Gasteiger partial charge in [0.25, 0.3) is 0 Å². The quantitative estimate of drug-likeness (QED) is 0.569. The Morgan fingerprint density at radius 2 is 1.85 bits per heavy atom. The van der Waals surface area contributed by atoms with Crippen molar-refractivity contribution in [3.63, 3.8) is 0 Å². The first-order valence-corrected chi connectivity index (χ1v) is 5.07. The Hall–Kier alpha value is -1.11. The number of pyridine rings is 1. The van der Waals surface area contributed by atoms with Crippen molar-refractivity contribution in [1.29, 1.82) is 0 Å². The van der Waals surface area contributed by atoms with E-state index in [0.29, 0.717) is 0 Å². The lowest BCUT2D eigenvalue weighted by molar-refractivity contribution is 0.608. The lowest BCUT2D eigenvalue weighted by atomic mass is 9.90. The molecule has 0 amide bonds. The molecule has 13 heavy (non-hydrogen) atoms. The zero-order valence-corrected chi connectivity index (χ0v) is 7.61. The van der Waals surface area contributed by atoms with Crippen LogP contribution in [0.2, 0.25) is 0 Å². The van der Waals surface area contributed by atoms with Crippen LogP contribution in [0.15, 0.2) is 18.5 Å². The molecule has 0 saturated heterocycles. The molecule has 3 rings (SSSR count).